The summed E-state index contributed by atoms with van der Waals surface area (Å²) in [6.45, 7) is 8.23. The molecule has 0 radical (unpaired) electrons. The second-order valence-electron chi connectivity index (χ2n) is 4.68. The van der Waals surface area contributed by atoms with E-state index in [0.717, 1.165) is 5.76 Å². The molecule has 0 bridgehead atoms. The van der Waals surface area contributed by atoms with Crippen LogP contribution in [0.4, 0.5) is 0 Å². The molecule has 0 fully saturated rings. The molecule has 1 atom stereocenters. The van der Waals surface area contributed by atoms with Gasteiger partial charge in [-0.2, -0.15) is 0 Å². The summed E-state index contributed by atoms with van der Waals surface area (Å²) < 4.78 is 5.10. The van der Waals surface area contributed by atoms with Gasteiger partial charge in [-0.3, -0.25) is 4.79 Å². The van der Waals surface area contributed by atoms with E-state index in [2.05, 4.69) is 5.32 Å². The molecule has 4 nitrogen and oxygen atoms in total. The molecule has 0 aliphatic heterocycles. The van der Waals surface area contributed by atoms with Crippen LogP contribution in [0, 0.1) is 12.8 Å². The van der Waals surface area contributed by atoms with Crippen LogP contribution >= 0.6 is 0 Å². The summed E-state index contributed by atoms with van der Waals surface area (Å²) in [5.74, 6) is 0.858. The van der Waals surface area contributed by atoms with Crippen LogP contribution in [0.1, 0.15) is 36.9 Å². The number of nitrogens with two attached hydrogens (primary N) is 1. The van der Waals surface area contributed by atoms with Gasteiger partial charge >= 0.3 is 0 Å². The Balaban J connectivity index is 2.77. The third-order valence-corrected chi connectivity index (χ3v) is 3.09. The van der Waals surface area contributed by atoms with Gasteiger partial charge in [0.15, 0.2) is 0 Å². The molecule has 1 amide bonds. The standard InChI is InChI=1S/C12H20N2O2/c1-8(2)12(4,7-13)14-11(15)10-5-9(3)16-6-10/h5-6,8H,7,13H2,1-4H3,(H,14,15). The predicted molar refractivity (Wildman–Crippen MR) is 63.2 cm³/mol. The van der Waals surface area contributed by atoms with Crippen LogP contribution in [-0.4, -0.2) is 18.0 Å². The number of amides is 1. The second kappa shape index (κ2) is 4.70. The lowest BCUT2D eigenvalue weighted by atomic mass is 9.88. The van der Waals surface area contributed by atoms with Gasteiger partial charge in [-0.25, -0.2) is 0 Å². The summed E-state index contributed by atoms with van der Waals surface area (Å²) in [7, 11) is 0. The number of nitrogens with one attached hydrogen (secondary N) is 1. The fraction of sp³-hybridized carbons (Fsp3) is 0.583. The van der Waals surface area contributed by atoms with E-state index < -0.39 is 0 Å². The Kier molecular flexibility index (Phi) is 3.75. The number of hydrogen-bond acceptors (Lipinski definition) is 3. The van der Waals surface area contributed by atoms with Crippen molar-refractivity contribution in [2.24, 2.45) is 11.7 Å². The Morgan fingerprint density at radius 2 is 2.25 bits per heavy atom. The molecule has 0 saturated heterocycles. The maximum atomic E-state index is 11.9. The molecule has 4 heteroatoms. The fourth-order valence-corrected chi connectivity index (χ4v) is 1.33. The van der Waals surface area contributed by atoms with E-state index in [-0.39, 0.29) is 17.4 Å². The Bertz CT molecular complexity index is 371. The Labute approximate surface area is 96.2 Å². The smallest absolute Gasteiger partial charge is 0.255 e. The highest BCUT2D eigenvalue weighted by molar-refractivity contribution is 5.94. The monoisotopic (exact) mass is 224 g/mol. The van der Waals surface area contributed by atoms with Gasteiger partial charge in [0.25, 0.3) is 5.91 Å². The number of carbonyl (C=O) groups is 1. The van der Waals surface area contributed by atoms with Crippen molar-refractivity contribution in [1.29, 1.82) is 0 Å². The lowest BCUT2D eigenvalue weighted by molar-refractivity contribution is 0.0882. The molecule has 1 heterocycles. The molecule has 1 rings (SSSR count). The number of aryl methyl sites for hydroxylation is 1. The Morgan fingerprint density at radius 3 is 2.62 bits per heavy atom. The summed E-state index contributed by atoms with van der Waals surface area (Å²) in [5.41, 5.74) is 5.85. The quantitative estimate of drug-likeness (QED) is 0.817. The first-order valence-electron chi connectivity index (χ1n) is 5.47. The van der Waals surface area contributed by atoms with Crippen LogP contribution < -0.4 is 11.1 Å². The lowest BCUT2D eigenvalue weighted by Crippen LogP contribution is -2.54. The first kappa shape index (κ1) is 12.8. The average molecular weight is 224 g/mol. The molecular formula is C12H20N2O2. The van der Waals surface area contributed by atoms with Gasteiger partial charge in [-0.15, -0.1) is 0 Å². The van der Waals surface area contributed by atoms with Crippen LogP contribution in [-0.2, 0) is 0 Å². The number of rotatable bonds is 4. The van der Waals surface area contributed by atoms with Crippen molar-refractivity contribution in [2.45, 2.75) is 33.2 Å². The topological polar surface area (TPSA) is 68.3 Å². The predicted octanol–water partition coefficient (Wildman–Crippen LogP) is 1.69. The van der Waals surface area contributed by atoms with Gasteiger partial charge in [-0.1, -0.05) is 13.8 Å². The second-order valence-corrected chi connectivity index (χ2v) is 4.68. The zero-order chi connectivity index (χ0) is 12.3. The molecular weight excluding hydrogens is 204 g/mol. The minimum absolute atomic E-state index is 0.140. The van der Waals surface area contributed by atoms with E-state index in [0.29, 0.717) is 12.1 Å². The van der Waals surface area contributed by atoms with Crippen LogP contribution in [0.25, 0.3) is 0 Å². The molecule has 0 saturated carbocycles. The zero-order valence-electron chi connectivity index (χ0n) is 10.3. The van der Waals surface area contributed by atoms with Crippen molar-refractivity contribution >= 4 is 5.91 Å². The Hall–Kier alpha value is -1.29. The first-order valence-corrected chi connectivity index (χ1v) is 5.47. The summed E-state index contributed by atoms with van der Waals surface area (Å²) in [6, 6.07) is 1.71. The molecule has 3 N–H and O–H groups in total. The minimum Gasteiger partial charge on any atom is -0.469 e. The molecule has 16 heavy (non-hydrogen) atoms. The van der Waals surface area contributed by atoms with Gasteiger partial charge in [0.1, 0.15) is 12.0 Å². The van der Waals surface area contributed by atoms with Gasteiger partial charge in [0.2, 0.25) is 0 Å². The molecule has 0 aliphatic rings. The minimum atomic E-state index is -0.387. The lowest BCUT2D eigenvalue weighted by Gasteiger charge is -2.33. The van der Waals surface area contributed by atoms with Crippen molar-refractivity contribution < 1.29 is 9.21 Å². The fourth-order valence-electron chi connectivity index (χ4n) is 1.33. The summed E-state index contributed by atoms with van der Waals surface area (Å²) >= 11 is 0. The molecule has 0 spiro atoms. The Morgan fingerprint density at radius 1 is 1.62 bits per heavy atom. The number of hydrogen-bond donors (Lipinski definition) is 2. The van der Waals surface area contributed by atoms with E-state index in [1.54, 1.807) is 13.0 Å². The highest BCUT2D eigenvalue weighted by Gasteiger charge is 2.29. The van der Waals surface area contributed by atoms with E-state index in [4.69, 9.17) is 10.2 Å². The third kappa shape index (κ3) is 2.64. The van der Waals surface area contributed by atoms with Crippen LogP contribution in [0.2, 0.25) is 0 Å². The third-order valence-electron chi connectivity index (χ3n) is 3.09. The van der Waals surface area contributed by atoms with Crippen molar-refractivity contribution in [3.05, 3.63) is 23.7 Å². The van der Waals surface area contributed by atoms with Crippen molar-refractivity contribution in [3.8, 4) is 0 Å². The maximum Gasteiger partial charge on any atom is 0.255 e. The number of furan rings is 1. The summed E-state index contributed by atoms with van der Waals surface area (Å²) in [4.78, 5) is 11.9. The van der Waals surface area contributed by atoms with E-state index in [1.807, 2.05) is 20.8 Å². The highest BCUT2D eigenvalue weighted by atomic mass is 16.3. The van der Waals surface area contributed by atoms with Crippen molar-refractivity contribution in [3.63, 3.8) is 0 Å². The molecule has 1 unspecified atom stereocenters. The van der Waals surface area contributed by atoms with E-state index in [1.165, 1.54) is 6.26 Å². The van der Waals surface area contributed by atoms with Crippen molar-refractivity contribution in [2.75, 3.05) is 6.54 Å². The normalized spacial score (nSPS) is 14.9. The van der Waals surface area contributed by atoms with Crippen LogP contribution in [0.15, 0.2) is 16.7 Å². The first-order chi connectivity index (χ1) is 7.39. The molecule has 1 aromatic heterocycles. The SMILES string of the molecule is Cc1cc(C(=O)NC(C)(CN)C(C)C)co1. The number of carbonyl (C=O) groups excluding carboxylic acids is 1. The van der Waals surface area contributed by atoms with E-state index >= 15 is 0 Å². The van der Waals surface area contributed by atoms with Crippen LogP contribution in [0.3, 0.4) is 0 Å². The molecule has 1 aromatic rings. The van der Waals surface area contributed by atoms with Gasteiger partial charge < -0.3 is 15.5 Å². The largest absolute Gasteiger partial charge is 0.469 e. The summed E-state index contributed by atoms with van der Waals surface area (Å²) in [5, 5.41) is 2.95. The van der Waals surface area contributed by atoms with Gasteiger partial charge in [-0.05, 0) is 25.8 Å². The summed E-state index contributed by atoms with van der Waals surface area (Å²) in [6.07, 6.45) is 1.46. The highest BCUT2D eigenvalue weighted by Crippen LogP contribution is 2.16. The van der Waals surface area contributed by atoms with Crippen LogP contribution in [0.5, 0.6) is 0 Å². The van der Waals surface area contributed by atoms with Gasteiger partial charge in [0, 0.05) is 6.54 Å². The van der Waals surface area contributed by atoms with Gasteiger partial charge in [0.05, 0.1) is 11.1 Å². The van der Waals surface area contributed by atoms with Crippen molar-refractivity contribution in [1.82, 2.24) is 5.32 Å². The maximum absolute atomic E-state index is 11.9. The van der Waals surface area contributed by atoms with E-state index in [9.17, 15) is 4.79 Å². The average Bonchev–Trinajstić information content (AvgIpc) is 2.64. The molecule has 90 valence electrons. The molecule has 0 aromatic carbocycles. The zero-order valence-corrected chi connectivity index (χ0v) is 10.3. The molecule has 0 aliphatic carbocycles.